The van der Waals surface area contributed by atoms with Crippen LogP contribution in [0.1, 0.15) is 31.2 Å². The lowest BCUT2D eigenvalue weighted by atomic mass is 10.0. The van der Waals surface area contributed by atoms with Crippen molar-refractivity contribution in [1.82, 2.24) is 0 Å². The van der Waals surface area contributed by atoms with Crippen molar-refractivity contribution in [3.8, 4) is 0 Å². The minimum atomic E-state index is 0.0524. The van der Waals surface area contributed by atoms with Crippen LogP contribution in [0.15, 0.2) is 12.1 Å². The summed E-state index contributed by atoms with van der Waals surface area (Å²) in [5.74, 6) is 0.0524. The Bertz CT molecular complexity index is 460. The number of fused-ring (bicyclic) bond motifs is 1. The molecule has 1 aromatic rings. The Hall–Kier alpha value is -1.75. The molecule has 1 amide bonds. The average molecular weight is 263 g/mol. The quantitative estimate of drug-likeness (QED) is 0.465. The van der Waals surface area contributed by atoms with Gasteiger partial charge in [0.15, 0.2) is 0 Å². The molecule has 0 saturated heterocycles. The molecular formula is C14H21N3O2. The summed E-state index contributed by atoms with van der Waals surface area (Å²) < 4.78 is 0. The molecule has 1 aliphatic rings. The second-order valence-corrected chi connectivity index (χ2v) is 4.86. The summed E-state index contributed by atoms with van der Waals surface area (Å²) in [7, 11) is 0. The first-order chi connectivity index (χ1) is 9.20. The number of rotatable bonds is 6. The first kappa shape index (κ1) is 13.7. The predicted octanol–water partition coefficient (Wildman–Crippen LogP) is 1.73. The third-order valence-corrected chi connectivity index (χ3v) is 3.32. The van der Waals surface area contributed by atoms with Gasteiger partial charge in [-0.05, 0) is 43.4 Å². The first-order valence-electron chi connectivity index (χ1n) is 6.77. The van der Waals surface area contributed by atoms with Gasteiger partial charge >= 0.3 is 0 Å². The highest BCUT2D eigenvalue weighted by atomic mass is 16.2. The van der Waals surface area contributed by atoms with Gasteiger partial charge in [-0.3, -0.25) is 4.79 Å². The highest BCUT2D eigenvalue weighted by Gasteiger charge is 2.16. The van der Waals surface area contributed by atoms with Crippen LogP contribution in [0.3, 0.4) is 0 Å². The minimum absolute atomic E-state index is 0.0524. The molecule has 1 aliphatic heterocycles. The van der Waals surface area contributed by atoms with Gasteiger partial charge < -0.3 is 21.5 Å². The van der Waals surface area contributed by atoms with Crippen molar-refractivity contribution in [3.05, 3.63) is 17.7 Å². The van der Waals surface area contributed by atoms with Crippen molar-refractivity contribution in [2.45, 2.75) is 32.1 Å². The number of aryl methyl sites for hydroxylation is 1. The molecule has 0 fully saturated rings. The third kappa shape index (κ3) is 3.61. The van der Waals surface area contributed by atoms with Crippen LogP contribution in [0.25, 0.3) is 0 Å². The summed E-state index contributed by atoms with van der Waals surface area (Å²) >= 11 is 0. The smallest absolute Gasteiger partial charge is 0.224 e. The first-order valence-corrected chi connectivity index (χ1v) is 6.77. The monoisotopic (exact) mass is 263 g/mol. The van der Waals surface area contributed by atoms with Crippen molar-refractivity contribution < 1.29 is 9.90 Å². The number of anilines is 3. The fourth-order valence-electron chi connectivity index (χ4n) is 2.24. The SMILES string of the molecule is Nc1cc2c(cc1NCCCCCO)CCC(=O)N2. The van der Waals surface area contributed by atoms with Gasteiger partial charge in [0.25, 0.3) is 0 Å². The van der Waals surface area contributed by atoms with E-state index >= 15 is 0 Å². The molecule has 1 aromatic carbocycles. The molecule has 0 atom stereocenters. The molecule has 2 rings (SSSR count). The number of nitrogens with one attached hydrogen (secondary N) is 2. The normalized spacial score (nSPS) is 13.8. The largest absolute Gasteiger partial charge is 0.397 e. The zero-order valence-corrected chi connectivity index (χ0v) is 11.0. The van der Waals surface area contributed by atoms with Crippen LogP contribution in [-0.2, 0) is 11.2 Å². The number of aliphatic hydroxyl groups excluding tert-OH is 1. The molecule has 104 valence electrons. The van der Waals surface area contributed by atoms with Crippen molar-refractivity contribution in [2.75, 3.05) is 29.5 Å². The third-order valence-electron chi connectivity index (χ3n) is 3.32. The molecule has 0 unspecified atom stereocenters. The molecule has 0 aromatic heterocycles. The lowest BCUT2D eigenvalue weighted by Crippen LogP contribution is -2.19. The molecule has 0 saturated carbocycles. The van der Waals surface area contributed by atoms with Crippen LogP contribution in [0.2, 0.25) is 0 Å². The highest BCUT2D eigenvalue weighted by Crippen LogP contribution is 2.30. The zero-order chi connectivity index (χ0) is 13.7. The minimum Gasteiger partial charge on any atom is -0.397 e. The van der Waals surface area contributed by atoms with Crippen molar-refractivity contribution >= 4 is 23.0 Å². The molecule has 0 radical (unpaired) electrons. The average Bonchev–Trinajstić information content (AvgIpc) is 2.39. The summed E-state index contributed by atoms with van der Waals surface area (Å²) in [5, 5.41) is 14.9. The molecule has 5 nitrogen and oxygen atoms in total. The second-order valence-electron chi connectivity index (χ2n) is 4.86. The van der Waals surface area contributed by atoms with Gasteiger partial charge in [0.2, 0.25) is 5.91 Å². The van der Waals surface area contributed by atoms with Crippen molar-refractivity contribution in [2.24, 2.45) is 0 Å². The van der Waals surface area contributed by atoms with Gasteiger partial charge in [0.05, 0.1) is 11.4 Å². The van der Waals surface area contributed by atoms with E-state index in [0.717, 1.165) is 49.2 Å². The predicted molar refractivity (Wildman–Crippen MR) is 77.2 cm³/mol. The van der Waals surface area contributed by atoms with E-state index in [-0.39, 0.29) is 12.5 Å². The van der Waals surface area contributed by atoms with E-state index in [1.807, 2.05) is 12.1 Å². The Kier molecular flexibility index (Phi) is 4.63. The fourth-order valence-corrected chi connectivity index (χ4v) is 2.24. The Balaban J connectivity index is 1.96. The number of nitrogen functional groups attached to an aromatic ring is 1. The number of aliphatic hydroxyl groups is 1. The second kappa shape index (κ2) is 6.43. The Morgan fingerprint density at radius 2 is 2.11 bits per heavy atom. The number of benzene rings is 1. The van der Waals surface area contributed by atoms with Gasteiger partial charge in [0.1, 0.15) is 0 Å². The van der Waals surface area contributed by atoms with Gasteiger partial charge in [-0.1, -0.05) is 0 Å². The maximum absolute atomic E-state index is 11.3. The molecule has 5 heteroatoms. The Morgan fingerprint density at radius 3 is 2.89 bits per heavy atom. The number of unbranched alkanes of at least 4 members (excludes halogenated alkanes) is 2. The van der Waals surface area contributed by atoms with Gasteiger partial charge in [-0.25, -0.2) is 0 Å². The van der Waals surface area contributed by atoms with Crippen molar-refractivity contribution in [3.63, 3.8) is 0 Å². The van der Waals surface area contributed by atoms with Crippen LogP contribution >= 0.6 is 0 Å². The van der Waals surface area contributed by atoms with E-state index in [9.17, 15) is 4.79 Å². The summed E-state index contributed by atoms with van der Waals surface area (Å²) in [6.45, 7) is 1.09. The molecule has 0 spiro atoms. The van der Waals surface area contributed by atoms with E-state index in [1.54, 1.807) is 0 Å². The topological polar surface area (TPSA) is 87.4 Å². The van der Waals surface area contributed by atoms with E-state index in [1.165, 1.54) is 0 Å². The standard InChI is InChI=1S/C14H21N3O2/c15-11-9-12-10(4-5-14(19)17-12)8-13(11)16-6-2-1-3-7-18/h8-9,16,18H,1-7,15H2,(H,17,19). The van der Waals surface area contributed by atoms with Gasteiger partial charge in [-0.15, -0.1) is 0 Å². The Morgan fingerprint density at radius 1 is 1.26 bits per heavy atom. The number of nitrogens with two attached hydrogens (primary N) is 1. The van der Waals surface area contributed by atoms with E-state index in [0.29, 0.717) is 12.1 Å². The van der Waals surface area contributed by atoms with Crippen LogP contribution in [0.5, 0.6) is 0 Å². The molecule has 0 aliphatic carbocycles. The number of amides is 1. The number of hydrogen-bond acceptors (Lipinski definition) is 4. The van der Waals surface area contributed by atoms with E-state index in [4.69, 9.17) is 10.8 Å². The van der Waals surface area contributed by atoms with E-state index < -0.39 is 0 Å². The van der Waals surface area contributed by atoms with Crippen LogP contribution < -0.4 is 16.4 Å². The summed E-state index contributed by atoms with van der Waals surface area (Å²) in [6, 6.07) is 3.85. The van der Waals surface area contributed by atoms with Gasteiger partial charge in [-0.2, -0.15) is 0 Å². The molecule has 5 N–H and O–H groups in total. The lowest BCUT2D eigenvalue weighted by molar-refractivity contribution is -0.116. The van der Waals surface area contributed by atoms with Crippen LogP contribution in [0, 0.1) is 0 Å². The summed E-state index contributed by atoms with van der Waals surface area (Å²) in [4.78, 5) is 11.3. The Labute approximate surface area is 113 Å². The maximum atomic E-state index is 11.3. The summed E-state index contributed by atoms with van der Waals surface area (Å²) in [5.41, 5.74) is 9.53. The van der Waals surface area contributed by atoms with Gasteiger partial charge in [0, 0.05) is 25.3 Å². The maximum Gasteiger partial charge on any atom is 0.224 e. The molecule has 1 heterocycles. The molecule has 0 bridgehead atoms. The van der Waals surface area contributed by atoms with Crippen LogP contribution in [-0.4, -0.2) is 24.2 Å². The zero-order valence-electron chi connectivity index (χ0n) is 11.0. The molecule has 19 heavy (non-hydrogen) atoms. The van der Waals surface area contributed by atoms with E-state index in [2.05, 4.69) is 10.6 Å². The van der Waals surface area contributed by atoms with Crippen molar-refractivity contribution in [1.29, 1.82) is 0 Å². The molecular weight excluding hydrogens is 242 g/mol. The highest BCUT2D eigenvalue weighted by molar-refractivity contribution is 5.95. The van der Waals surface area contributed by atoms with Crippen LogP contribution in [0.4, 0.5) is 17.1 Å². The number of carbonyl (C=O) groups excluding carboxylic acids is 1. The number of carbonyl (C=O) groups is 1. The number of hydrogen-bond donors (Lipinski definition) is 4. The lowest BCUT2D eigenvalue weighted by Gasteiger charge is -2.19. The fraction of sp³-hybridized carbons (Fsp3) is 0.500. The summed E-state index contributed by atoms with van der Waals surface area (Å²) in [6.07, 6.45) is 4.15.